The van der Waals surface area contributed by atoms with Gasteiger partial charge in [0.2, 0.25) is 0 Å². The third kappa shape index (κ3) is 5.72. The fraction of sp³-hybridized carbons (Fsp3) is 1.00. The molecule has 0 aromatic heterocycles. The molecule has 10 heavy (non-hydrogen) atoms. The van der Waals surface area contributed by atoms with E-state index in [2.05, 4.69) is 45.7 Å². The van der Waals surface area contributed by atoms with Crippen LogP contribution in [-0.4, -0.2) is 9.65 Å². The van der Waals surface area contributed by atoms with Gasteiger partial charge in [0.1, 0.15) is 0 Å². The van der Waals surface area contributed by atoms with Crippen LogP contribution in [0.25, 0.3) is 0 Å². The van der Waals surface area contributed by atoms with Crippen LogP contribution in [0.1, 0.15) is 39.5 Å². The molecule has 0 fully saturated rings. The molecule has 0 aliphatic heterocycles. The zero-order chi connectivity index (χ0) is 7.98. The maximum atomic E-state index is 3.61. The first-order valence-corrected chi connectivity index (χ1v) is 5.81. The zero-order valence-corrected chi connectivity index (χ0v) is 9.91. The third-order valence-corrected chi connectivity index (χ3v) is 3.89. The summed E-state index contributed by atoms with van der Waals surface area (Å²) in [6.45, 7) is 4.43. The standard InChI is InChI=1S/C8H16Br2/c1-3-7(9)5-6-8(10)4-2/h7-8H,3-6H2,1-2H3. The fourth-order valence-electron chi connectivity index (χ4n) is 0.770. The van der Waals surface area contributed by atoms with Crippen molar-refractivity contribution in [1.82, 2.24) is 0 Å². The third-order valence-electron chi connectivity index (χ3n) is 1.68. The van der Waals surface area contributed by atoms with E-state index in [1.54, 1.807) is 0 Å². The Balaban J connectivity index is 3.17. The van der Waals surface area contributed by atoms with E-state index >= 15 is 0 Å². The molecular formula is C8H16Br2. The second-order valence-corrected chi connectivity index (χ2v) is 5.18. The van der Waals surface area contributed by atoms with Crippen LogP contribution in [0.3, 0.4) is 0 Å². The molecule has 2 heteroatoms. The van der Waals surface area contributed by atoms with Gasteiger partial charge in [-0.05, 0) is 25.7 Å². The second kappa shape index (κ2) is 6.66. The molecule has 0 N–H and O–H groups in total. The number of alkyl halides is 2. The molecule has 0 heterocycles. The van der Waals surface area contributed by atoms with Crippen molar-refractivity contribution < 1.29 is 0 Å². The van der Waals surface area contributed by atoms with Crippen molar-refractivity contribution in [2.75, 3.05) is 0 Å². The Bertz CT molecular complexity index is 63.7. The van der Waals surface area contributed by atoms with Crippen molar-refractivity contribution in [3.63, 3.8) is 0 Å². The van der Waals surface area contributed by atoms with Gasteiger partial charge >= 0.3 is 0 Å². The molecule has 0 bridgehead atoms. The van der Waals surface area contributed by atoms with Gasteiger partial charge in [-0.15, -0.1) is 0 Å². The predicted octanol–water partition coefficient (Wildman–Crippen LogP) is 4.11. The number of hydrogen-bond donors (Lipinski definition) is 0. The van der Waals surface area contributed by atoms with Crippen LogP contribution in [0.5, 0.6) is 0 Å². The van der Waals surface area contributed by atoms with Crippen LogP contribution < -0.4 is 0 Å². The van der Waals surface area contributed by atoms with E-state index in [4.69, 9.17) is 0 Å². The van der Waals surface area contributed by atoms with E-state index in [-0.39, 0.29) is 0 Å². The summed E-state index contributed by atoms with van der Waals surface area (Å²) in [5, 5.41) is 0. The lowest BCUT2D eigenvalue weighted by molar-refractivity contribution is 0.659. The molecule has 0 rings (SSSR count). The molecule has 0 amide bonds. The zero-order valence-electron chi connectivity index (χ0n) is 6.74. The largest absolute Gasteiger partial charge is 0.0891 e. The molecule has 62 valence electrons. The van der Waals surface area contributed by atoms with Crippen molar-refractivity contribution in [1.29, 1.82) is 0 Å². The Hall–Kier alpha value is 0.960. The minimum atomic E-state index is 0.721. The van der Waals surface area contributed by atoms with Gasteiger partial charge in [0.15, 0.2) is 0 Å². The molecular weight excluding hydrogens is 256 g/mol. The van der Waals surface area contributed by atoms with Crippen molar-refractivity contribution in [3.05, 3.63) is 0 Å². The summed E-state index contributed by atoms with van der Waals surface area (Å²) in [7, 11) is 0. The quantitative estimate of drug-likeness (QED) is 0.660. The Labute approximate surface area is 81.0 Å². The molecule has 0 aromatic rings. The van der Waals surface area contributed by atoms with E-state index in [1.165, 1.54) is 25.7 Å². The maximum Gasteiger partial charge on any atom is 0.0143 e. The number of hydrogen-bond acceptors (Lipinski definition) is 0. The van der Waals surface area contributed by atoms with E-state index in [1.807, 2.05) is 0 Å². The summed E-state index contributed by atoms with van der Waals surface area (Å²) in [6.07, 6.45) is 5.06. The van der Waals surface area contributed by atoms with Crippen LogP contribution in [0.4, 0.5) is 0 Å². The first-order chi connectivity index (χ1) is 4.70. The molecule has 0 radical (unpaired) electrons. The van der Waals surface area contributed by atoms with E-state index in [0.717, 1.165) is 9.65 Å². The van der Waals surface area contributed by atoms with Crippen LogP contribution >= 0.6 is 31.9 Å². The minimum Gasteiger partial charge on any atom is -0.0891 e. The molecule has 0 aliphatic rings. The fourth-order valence-corrected chi connectivity index (χ4v) is 1.30. The monoisotopic (exact) mass is 270 g/mol. The van der Waals surface area contributed by atoms with Crippen molar-refractivity contribution in [2.45, 2.75) is 49.2 Å². The SMILES string of the molecule is CCC(Br)CCC(Br)CC. The van der Waals surface area contributed by atoms with Crippen LogP contribution in [0.15, 0.2) is 0 Å². The van der Waals surface area contributed by atoms with E-state index in [9.17, 15) is 0 Å². The van der Waals surface area contributed by atoms with Crippen LogP contribution in [0, 0.1) is 0 Å². The molecule has 0 aliphatic carbocycles. The van der Waals surface area contributed by atoms with E-state index < -0.39 is 0 Å². The number of rotatable bonds is 5. The lowest BCUT2D eigenvalue weighted by Crippen LogP contribution is -2.01. The van der Waals surface area contributed by atoms with Crippen molar-refractivity contribution >= 4 is 31.9 Å². The topological polar surface area (TPSA) is 0 Å². The summed E-state index contributed by atoms with van der Waals surface area (Å²) in [4.78, 5) is 1.44. The van der Waals surface area contributed by atoms with Crippen LogP contribution in [-0.2, 0) is 0 Å². The van der Waals surface area contributed by atoms with Gasteiger partial charge in [-0.25, -0.2) is 0 Å². The molecule has 2 unspecified atom stereocenters. The molecule has 0 aromatic carbocycles. The highest BCUT2D eigenvalue weighted by atomic mass is 79.9. The van der Waals surface area contributed by atoms with Gasteiger partial charge in [-0.3, -0.25) is 0 Å². The molecule has 0 nitrogen and oxygen atoms in total. The second-order valence-electron chi connectivity index (χ2n) is 2.59. The summed E-state index contributed by atoms with van der Waals surface area (Å²) >= 11 is 7.23. The Morgan fingerprint density at radius 2 is 1.20 bits per heavy atom. The van der Waals surface area contributed by atoms with Gasteiger partial charge in [-0.2, -0.15) is 0 Å². The van der Waals surface area contributed by atoms with E-state index in [0.29, 0.717) is 0 Å². The van der Waals surface area contributed by atoms with Gasteiger partial charge < -0.3 is 0 Å². The molecule has 0 saturated carbocycles. The predicted molar refractivity (Wildman–Crippen MR) is 55.2 cm³/mol. The lowest BCUT2D eigenvalue weighted by atomic mass is 10.1. The molecule has 0 saturated heterocycles. The highest BCUT2D eigenvalue weighted by molar-refractivity contribution is 9.09. The molecule has 0 spiro atoms. The maximum absolute atomic E-state index is 3.61. The summed E-state index contributed by atoms with van der Waals surface area (Å²) in [6, 6.07) is 0. The highest BCUT2D eigenvalue weighted by Gasteiger charge is 2.04. The van der Waals surface area contributed by atoms with Gasteiger partial charge in [0.25, 0.3) is 0 Å². The molecule has 2 atom stereocenters. The van der Waals surface area contributed by atoms with Crippen molar-refractivity contribution in [2.24, 2.45) is 0 Å². The minimum absolute atomic E-state index is 0.721. The van der Waals surface area contributed by atoms with Gasteiger partial charge in [0.05, 0.1) is 0 Å². The summed E-state index contributed by atoms with van der Waals surface area (Å²) in [5.41, 5.74) is 0. The smallest absolute Gasteiger partial charge is 0.0143 e. The average molecular weight is 272 g/mol. The summed E-state index contributed by atoms with van der Waals surface area (Å²) < 4.78 is 0. The number of halogens is 2. The van der Waals surface area contributed by atoms with Crippen molar-refractivity contribution in [3.8, 4) is 0 Å². The van der Waals surface area contributed by atoms with Gasteiger partial charge in [0, 0.05) is 9.65 Å². The average Bonchev–Trinajstić information content (AvgIpc) is 1.99. The summed E-state index contributed by atoms with van der Waals surface area (Å²) in [5.74, 6) is 0. The Kier molecular flexibility index (Phi) is 7.30. The Morgan fingerprint density at radius 3 is 1.40 bits per heavy atom. The first-order valence-electron chi connectivity index (χ1n) is 3.98. The normalized spacial score (nSPS) is 16.8. The first kappa shape index (κ1) is 11.0. The Morgan fingerprint density at radius 1 is 0.900 bits per heavy atom. The lowest BCUT2D eigenvalue weighted by Gasteiger charge is -2.09. The van der Waals surface area contributed by atoms with Gasteiger partial charge in [-0.1, -0.05) is 45.7 Å². The van der Waals surface area contributed by atoms with Crippen LogP contribution in [0.2, 0.25) is 0 Å². The highest BCUT2D eigenvalue weighted by Crippen LogP contribution is 2.18.